The predicted molar refractivity (Wildman–Crippen MR) is 162 cm³/mol. The van der Waals surface area contributed by atoms with Crippen molar-refractivity contribution in [3.8, 4) is 17.0 Å². The number of benzene rings is 2. The second-order valence-electron chi connectivity index (χ2n) is 11.3. The molecule has 5 rings (SSSR count). The summed E-state index contributed by atoms with van der Waals surface area (Å²) in [5.41, 5.74) is 6.24. The van der Waals surface area contributed by atoms with Crippen molar-refractivity contribution in [1.82, 2.24) is 19.9 Å². The third-order valence-electron chi connectivity index (χ3n) is 7.91. The molecule has 1 fully saturated rings. The summed E-state index contributed by atoms with van der Waals surface area (Å²) in [5.74, 6) is -1.95. The van der Waals surface area contributed by atoms with Gasteiger partial charge in [0, 0.05) is 55.4 Å². The molecule has 0 aliphatic heterocycles. The number of anilines is 1. The lowest BCUT2D eigenvalue weighted by molar-refractivity contribution is -0.00780. The van der Waals surface area contributed by atoms with Crippen LogP contribution in [0.3, 0.4) is 0 Å². The zero-order valence-electron chi connectivity index (χ0n) is 24.7. The van der Waals surface area contributed by atoms with Gasteiger partial charge in [0.2, 0.25) is 5.92 Å². The maximum Gasteiger partial charge on any atom is 0.249 e. The van der Waals surface area contributed by atoms with Crippen LogP contribution in [0.2, 0.25) is 0 Å². The number of imidazole rings is 1. The molecule has 2 N–H and O–H groups in total. The fourth-order valence-corrected chi connectivity index (χ4v) is 5.03. The monoisotopic (exact) mass is 575 g/mol. The van der Waals surface area contributed by atoms with Crippen molar-refractivity contribution < 1.29 is 18.3 Å². The molecule has 0 spiro atoms. The number of Topliss-reactive ketones (excluding diaryl/α,β-unsaturated/α-hetero) is 1. The van der Waals surface area contributed by atoms with Gasteiger partial charge in [0.1, 0.15) is 5.75 Å². The first-order chi connectivity index (χ1) is 20.2. The normalized spacial score (nSPS) is 14.2. The van der Waals surface area contributed by atoms with Crippen molar-refractivity contribution in [1.29, 1.82) is 0 Å². The van der Waals surface area contributed by atoms with E-state index in [1.54, 1.807) is 17.8 Å². The van der Waals surface area contributed by atoms with Crippen molar-refractivity contribution in [2.45, 2.75) is 64.8 Å². The molecule has 2 aromatic heterocycles. The number of nitrogens with zero attached hydrogens (tertiary/aromatic N) is 3. The molecule has 7 nitrogen and oxygen atoms in total. The third-order valence-corrected chi connectivity index (χ3v) is 7.91. The quantitative estimate of drug-likeness (QED) is 0.163. The van der Waals surface area contributed by atoms with Crippen molar-refractivity contribution >= 4 is 17.1 Å². The lowest BCUT2D eigenvalue weighted by atomic mass is 9.94. The van der Waals surface area contributed by atoms with Crippen LogP contribution < -0.4 is 15.4 Å². The van der Waals surface area contributed by atoms with E-state index < -0.39 is 5.92 Å². The molecule has 0 amide bonds. The van der Waals surface area contributed by atoms with E-state index in [9.17, 15) is 13.6 Å². The van der Waals surface area contributed by atoms with Crippen molar-refractivity contribution in [2.75, 3.05) is 25.5 Å². The lowest BCUT2D eigenvalue weighted by Crippen LogP contribution is -2.28. The highest BCUT2D eigenvalue weighted by molar-refractivity contribution is 5.99. The summed E-state index contributed by atoms with van der Waals surface area (Å²) >= 11 is 0. The molecule has 0 saturated heterocycles. The molecule has 1 saturated carbocycles. The fourth-order valence-electron chi connectivity index (χ4n) is 5.03. The highest BCUT2D eigenvalue weighted by Crippen LogP contribution is 2.29. The number of halogens is 2. The van der Waals surface area contributed by atoms with E-state index in [1.165, 1.54) is 19.8 Å². The second kappa shape index (κ2) is 12.6. The number of hydrogen-bond acceptors (Lipinski definition) is 6. The topological polar surface area (TPSA) is 80.5 Å². The minimum absolute atomic E-state index is 0.106. The summed E-state index contributed by atoms with van der Waals surface area (Å²) < 4.78 is 35.0. The molecule has 0 radical (unpaired) electrons. The van der Waals surface area contributed by atoms with Gasteiger partial charge >= 0.3 is 0 Å². The Labute approximate surface area is 245 Å². The van der Waals surface area contributed by atoms with Crippen LogP contribution in [0, 0.1) is 12.8 Å². The van der Waals surface area contributed by atoms with Crippen LogP contribution in [0.5, 0.6) is 5.75 Å². The van der Waals surface area contributed by atoms with Gasteiger partial charge in [-0.25, -0.2) is 18.3 Å². The number of ether oxygens (including phenoxy) is 1. The van der Waals surface area contributed by atoms with Crippen LogP contribution in [0.25, 0.3) is 16.9 Å². The Morgan fingerprint density at radius 1 is 1.17 bits per heavy atom. The Kier molecular flexibility index (Phi) is 8.87. The maximum absolute atomic E-state index is 14.0. The molecule has 42 heavy (non-hydrogen) atoms. The van der Waals surface area contributed by atoms with E-state index in [0.29, 0.717) is 35.9 Å². The highest BCUT2D eigenvalue weighted by atomic mass is 19.3. The van der Waals surface area contributed by atoms with Gasteiger partial charge in [0.05, 0.1) is 30.4 Å². The lowest BCUT2D eigenvalue weighted by Gasteiger charge is -2.16. The number of hydrogen-bond donors (Lipinski definition) is 2. The van der Waals surface area contributed by atoms with E-state index in [2.05, 4.69) is 15.6 Å². The number of nitrogens with one attached hydrogen (secondary N) is 2. The molecule has 4 aromatic rings. The molecule has 1 aliphatic carbocycles. The summed E-state index contributed by atoms with van der Waals surface area (Å²) in [6, 6.07) is 16.0. The van der Waals surface area contributed by atoms with Gasteiger partial charge in [0.25, 0.3) is 0 Å². The predicted octanol–water partition coefficient (Wildman–Crippen LogP) is 6.72. The standard InChI is InChI=1S/C33H39F2N5O2/c1-5-33(34,35)14-15-36-29-18-26(17-23-6-11-27(42-4)12-7-23)39-40-30(20-38-32(29)40)24-8-13-28(21(2)16-24)31(41)22(3)19-37-25-9-10-25/h6-8,11-13,16,18,20,22,25,36-37H,5,9-10,14-15,17,19H2,1-4H3. The van der Waals surface area contributed by atoms with Crippen LogP contribution in [0.1, 0.15) is 66.7 Å². The van der Waals surface area contributed by atoms with Crippen LogP contribution in [-0.4, -0.2) is 52.5 Å². The number of alkyl halides is 2. The molecular formula is C33H39F2N5O2. The Morgan fingerprint density at radius 3 is 2.60 bits per heavy atom. The molecule has 2 aromatic carbocycles. The molecule has 0 bridgehead atoms. The van der Waals surface area contributed by atoms with Gasteiger partial charge in [-0.2, -0.15) is 5.10 Å². The van der Waals surface area contributed by atoms with Crippen LogP contribution in [0.15, 0.2) is 54.7 Å². The van der Waals surface area contributed by atoms with E-state index >= 15 is 0 Å². The summed E-state index contributed by atoms with van der Waals surface area (Å²) in [4.78, 5) is 17.8. The zero-order chi connectivity index (χ0) is 29.9. The Morgan fingerprint density at radius 2 is 1.93 bits per heavy atom. The average molecular weight is 576 g/mol. The molecule has 1 aliphatic rings. The average Bonchev–Trinajstić information content (AvgIpc) is 3.72. The highest BCUT2D eigenvalue weighted by Gasteiger charge is 2.26. The number of aryl methyl sites for hydroxylation is 1. The van der Waals surface area contributed by atoms with E-state index in [1.807, 2.05) is 62.4 Å². The number of carbonyl (C=O) groups excluding carboxylic acids is 1. The summed E-state index contributed by atoms with van der Waals surface area (Å²) in [5, 5.41) is 11.5. The number of methoxy groups -OCH3 is 1. The van der Waals surface area contributed by atoms with Crippen LogP contribution in [-0.2, 0) is 6.42 Å². The summed E-state index contributed by atoms with van der Waals surface area (Å²) in [6.45, 7) is 6.19. The van der Waals surface area contributed by atoms with E-state index in [0.717, 1.165) is 33.8 Å². The van der Waals surface area contributed by atoms with Crippen molar-refractivity contribution in [3.05, 3.63) is 77.1 Å². The molecule has 1 atom stereocenters. The van der Waals surface area contributed by atoms with Crippen molar-refractivity contribution in [3.63, 3.8) is 0 Å². The Hall–Kier alpha value is -3.85. The Balaban J connectivity index is 1.45. The third kappa shape index (κ3) is 6.95. The van der Waals surface area contributed by atoms with Gasteiger partial charge < -0.3 is 15.4 Å². The summed E-state index contributed by atoms with van der Waals surface area (Å²) in [6.07, 6.45) is 4.17. The smallest absolute Gasteiger partial charge is 0.249 e. The minimum Gasteiger partial charge on any atom is -0.497 e. The number of ketones is 1. The number of fused-ring (bicyclic) bond motifs is 1. The second-order valence-corrected chi connectivity index (χ2v) is 11.3. The first-order valence-electron chi connectivity index (χ1n) is 14.7. The molecule has 9 heteroatoms. The largest absolute Gasteiger partial charge is 0.497 e. The number of rotatable bonds is 14. The van der Waals surface area contributed by atoms with Crippen molar-refractivity contribution in [2.24, 2.45) is 5.92 Å². The summed E-state index contributed by atoms with van der Waals surface area (Å²) in [7, 11) is 1.63. The van der Waals surface area contributed by atoms with Crippen LogP contribution >= 0.6 is 0 Å². The Bertz CT molecular complexity index is 1550. The fraction of sp³-hybridized carbons (Fsp3) is 0.424. The van der Waals surface area contributed by atoms with Gasteiger partial charge in [-0.3, -0.25) is 4.79 Å². The molecule has 1 unspecified atom stereocenters. The maximum atomic E-state index is 14.0. The number of carbonyl (C=O) groups is 1. The first-order valence-corrected chi connectivity index (χ1v) is 14.7. The molecule has 2 heterocycles. The van der Waals surface area contributed by atoms with Gasteiger partial charge in [-0.05, 0) is 55.2 Å². The minimum atomic E-state index is -2.73. The SMILES string of the molecule is CCC(F)(F)CCNc1cc(Cc2ccc(OC)cc2)nn2c(-c3ccc(C(=O)C(C)CNC4CC4)c(C)c3)cnc12. The van der Waals surface area contributed by atoms with Gasteiger partial charge in [-0.15, -0.1) is 0 Å². The zero-order valence-corrected chi connectivity index (χ0v) is 24.7. The van der Waals surface area contributed by atoms with Crippen LogP contribution in [0.4, 0.5) is 14.5 Å². The number of aromatic nitrogens is 3. The molecule has 222 valence electrons. The molecular weight excluding hydrogens is 536 g/mol. The van der Waals surface area contributed by atoms with E-state index in [4.69, 9.17) is 9.84 Å². The first kappa shape index (κ1) is 29.6. The van der Waals surface area contributed by atoms with Gasteiger partial charge in [0.15, 0.2) is 11.4 Å². The van der Waals surface area contributed by atoms with E-state index in [-0.39, 0.29) is 31.1 Å². The van der Waals surface area contributed by atoms with Gasteiger partial charge in [-0.1, -0.05) is 38.1 Å².